The maximum absolute atomic E-state index is 5.21. The van der Waals surface area contributed by atoms with Gasteiger partial charge in [-0.2, -0.15) is 0 Å². The lowest BCUT2D eigenvalue weighted by Crippen LogP contribution is -2.30. The molecule has 0 aromatic rings. The quantitative estimate of drug-likeness (QED) is 0.384. The zero-order valence-corrected chi connectivity index (χ0v) is 4.65. The van der Waals surface area contributed by atoms with E-state index in [1.807, 2.05) is 6.92 Å². The maximum Gasteiger partial charge on any atom is 0.0558 e. The van der Waals surface area contributed by atoms with Crippen molar-refractivity contribution >= 4 is 0 Å². The first-order chi connectivity index (χ1) is 3.13. The molecule has 0 heterocycles. The molecule has 0 atom stereocenters. The predicted octanol–water partition coefficient (Wildman–Crippen LogP) is 0.196. The van der Waals surface area contributed by atoms with Gasteiger partial charge >= 0.3 is 0 Å². The van der Waals surface area contributed by atoms with Gasteiger partial charge in [-0.15, -0.1) is 6.58 Å². The highest BCUT2D eigenvalue weighted by molar-refractivity contribution is 4.89. The summed E-state index contributed by atoms with van der Waals surface area (Å²) in [6.07, 6.45) is 0.498. The molecule has 0 bridgehead atoms. The van der Waals surface area contributed by atoms with Crippen LogP contribution in [0, 0.1) is 0 Å². The van der Waals surface area contributed by atoms with Gasteiger partial charge in [0.25, 0.3) is 0 Å². The monoisotopic (exact) mass is 100 g/mol. The molecule has 0 aliphatic carbocycles. The maximum atomic E-state index is 5.21. The predicted molar refractivity (Wildman–Crippen MR) is 31.6 cm³/mol. The van der Waals surface area contributed by atoms with Crippen molar-refractivity contribution < 1.29 is 0 Å². The average Bonchev–Trinajstić information content (AvgIpc) is 1.27. The van der Waals surface area contributed by atoms with Crippen molar-refractivity contribution in [2.75, 3.05) is 0 Å². The second-order valence-electron chi connectivity index (χ2n) is 1.83. The van der Waals surface area contributed by atoms with Crippen LogP contribution in [0.25, 0.3) is 0 Å². The summed E-state index contributed by atoms with van der Waals surface area (Å²) >= 11 is 0. The lowest BCUT2D eigenvalue weighted by atomic mass is 10.2. The Morgan fingerprint density at radius 2 is 2.14 bits per heavy atom. The fraction of sp³-hybridized carbons (Fsp3) is 0.600. The fourth-order valence-corrected chi connectivity index (χ4v) is 0.402. The minimum absolute atomic E-state index is 0.225. The van der Waals surface area contributed by atoms with Gasteiger partial charge in [-0.1, -0.05) is 5.57 Å². The van der Waals surface area contributed by atoms with Crippen LogP contribution < -0.4 is 11.5 Å². The third-order valence-corrected chi connectivity index (χ3v) is 0.584. The molecule has 0 unspecified atom stereocenters. The van der Waals surface area contributed by atoms with Crippen molar-refractivity contribution in [1.82, 2.24) is 0 Å². The van der Waals surface area contributed by atoms with Gasteiger partial charge in [0, 0.05) is 0 Å². The molecule has 0 amide bonds. The van der Waals surface area contributed by atoms with Crippen LogP contribution in [0.4, 0.5) is 0 Å². The molecule has 0 saturated heterocycles. The molecule has 0 aliphatic heterocycles. The van der Waals surface area contributed by atoms with Crippen molar-refractivity contribution in [3.05, 3.63) is 12.2 Å². The molecule has 0 rings (SSSR count). The van der Waals surface area contributed by atoms with Crippen molar-refractivity contribution in [1.29, 1.82) is 0 Å². The Hall–Kier alpha value is -0.340. The minimum atomic E-state index is -0.225. The standard InChI is InChI=1S/C5H12N2/c1-4(2)3-5(6)7/h5H,1,3,6-7H2,2H3. The van der Waals surface area contributed by atoms with E-state index in [1.54, 1.807) is 0 Å². The van der Waals surface area contributed by atoms with Crippen LogP contribution in [-0.2, 0) is 0 Å². The van der Waals surface area contributed by atoms with Gasteiger partial charge < -0.3 is 11.5 Å². The molecule has 4 N–H and O–H groups in total. The Kier molecular flexibility index (Phi) is 2.64. The molecular formula is C5H12N2. The van der Waals surface area contributed by atoms with E-state index in [0.29, 0.717) is 0 Å². The molecule has 2 heteroatoms. The molecule has 42 valence electrons. The van der Waals surface area contributed by atoms with Crippen molar-refractivity contribution in [3.8, 4) is 0 Å². The Balaban J connectivity index is 3.13. The molecule has 0 radical (unpaired) electrons. The van der Waals surface area contributed by atoms with E-state index in [9.17, 15) is 0 Å². The molecule has 0 saturated carbocycles. The fourth-order valence-electron chi connectivity index (χ4n) is 0.402. The summed E-state index contributed by atoms with van der Waals surface area (Å²) in [5.74, 6) is 0. The van der Waals surface area contributed by atoms with E-state index in [-0.39, 0.29) is 6.17 Å². The lowest BCUT2D eigenvalue weighted by Gasteiger charge is -2.01. The summed E-state index contributed by atoms with van der Waals surface area (Å²) in [5.41, 5.74) is 11.5. The Morgan fingerprint density at radius 3 is 2.14 bits per heavy atom. The summed E-state index contributed by atoms with van der Waals surface area (Å²) in [6.45, 7) is 5.54. The second-order valence-corrected chi connectivity index (χ2v) is 1.83. The normalized spacial score (nSPS) is 9.71. The number of hydrogen-bond acceptors (Lipinski definition) is 2. The average molecular weight is 100 g/mol. The third-order valence-electron chi connectivity index (χ3n) is 0.584. The highest BCUT2D eigenvalue weighted by Crippen LogP contribution is 1.92. The van der Waals surface area contributed by atoms with Gasteiger partial charge in [0.15, 0.2) is 0 Å². The second kappa shape index (κ2) is 2.77. The third kappa shape index (κ3) is 5.66. The van der Waals surface area contributed by atoms with Gasteiger partial charge in [0.1, 0.15) is 0 Å². The van der Waals surface area contributed by atoms with Gasteiger partial charge in [-0.3, -0.25) is 0 Å². The first-order valence-corrected chi connectivity index (χ1v) is 2.28. The Labute approximate surface area is 44.2 Å². The number of rotatable bonds is 2. The smallest absolute Gasteiger partial charge is 0.0558 e. The summed E-state index contributed by atoms with van der Waals surface area (Å²) < 4.78 is 0. The molecule has 0 spiro atoms. The van der Waals surface area contributed by atoms with Crippen LogP contribution in [-0.4, -0.2) is 6.17 Å². The zero-order valence-electron chi connectivity index (χ0n) is 4.65. The van der Waals surface area contributed by atoms with Gasteiger partial charge in [-0.25, -0.2) is 0 Å². The lowest BCUT2D eigenvalue weighted by molar-refractivity contribution is 0.699. The van der Waals surface area contributed by atoms with Crippen molar-refractivity contribution in [2.45, 2.75) is 19.5 Å². The van der Waals surface area contributed by atoms with E-state index >= 15 is 0 Å². The Bertz CT molecular complexity index is 66.5. The Morgan fingerprint density at radius 1 is 1.71 bits per heavy atom. The topological polar surface area (TPSA) is 52.0 Å². The molecule has 2 nitrogen and oxygen atoms in total. The highest BCUT2D eigenvalue weighted by atomic mass is 14.8. The molecule has 0 fully saturated rings. The van der Waals surface area contributed by atoms with Gasteiger partial charge in [0.2, 0.25) is 0 Å². The summed E-state index contributed by atoms with van der Waals surface area (Å²) in [7, 11) is 0. The van der Waals surface area contributed by atoms with Crippen LogP contribution in [0.1, 0.15) is 13.3 Å². The van der Waals surface area contributed by atoms with E-state index in [4.69, 9.17) is 11.5 Å². The van der Waals surface area contributed by atoms with Crippen LogP contribution in [0.15, 0.2) is 12.2 Å². The largest absolute Gasteiger partial charge is 0.316 e. The van der Waals surface area contributed by atoms with E-state index in [1.165, 1.54) is 0 Å². The van der Waals surface area contributed by atoms with Crippen LogP contribution >= 0.6 is 0 Å². The molecule has 0 aliphatic rings. The van der Waals surface area contributed by atoms with Crippen LogP contribution in [0.3, 0.4) is 0 Å². The first kappa shape index (κ1) is 6.66. The van der Waals surface area contributed by atoms with E-state index < -0.39 is 0 Å². The van der Waals surface area contributed by atoms with Gasteiger partial charge in [-0.05, 0) is 13.3 Å². The van der Waals surface area contributed by atoms with Crippen LogP contribution in [0.5, 0.6) is 0 Å². The van der Waals surface area contributed by atoms with E-state index in [0.717, 1.165) is 12.0 Å². The molecule has 0 aromatic heterocycles. The zero-order chi connectivity index (χ0) is 5.86. The highest BCUT2D eigenvalue weighted by Gasteiger charge is 1.90. The van der Waals surface area contributed by atoms with Crippen molar-refractivity contribution in [3.63, 3.8) is 0 Å². The summed E-state index contributed by atoms with van der Waals surface area (Å²) in [5, 5.41) is 0. The van der Waals surface area contributed by atoms with Gasteiger partial charge in [0.05, 0.1) is 6.17 Å². The molecule has 7 heavy (non-hydrogen) atoms. The number of nitrogens with two attached hydrogens (primary N) is 2. The molecule has 0 aromatic carbocycles. The SMILES string of the molecule is C=C(C)CC(N)N. The first-order valence-electron chi connectivity index (χ1n) is 2.28. The van der Waals surface area contributed by atoms with Crippen LogP contribution in [0.2, 0.25) is 0 Å². The summed E-state index contributed by atoms with van der Waals surface area (Å²) in [4.78, 5) is 0. The molecular weight excluding hydrogens is 88.1 g/mol. The summed E-state index contributed by atoms with van der Waals surface area (Å²) in [6, 6.07) is 0. The minimum Gasteiger partial charge on any atom is -0.316 e. The number of hydrogen-bond donors (Lipinski definition) is 2. The van der Waals surface area contributed by atoms with E-state index in [2.05, 4.69) is 6.58 Å². The van der Waals surface area contributed by atoms with Crippen molar-refractivity contribution in [2.24, 2.45) is 11.5 Å².